The third-order valence-corrected chi connectivity index (χ3v) is 2.89. The molecule has 0 radical (unpaired) electrons. The lowest BCUT2D eigenvalue weighted by Gasteiger charge is -2.27. The van der Waals surface area contributed by atoms with Gasteiger partial charge in [0.15, 0.2) is 5.78 Å². The lowest BCUT2D eigenvalue weighted by Crippen LogP contribution is -2.38. The number of methoxy groups -OCH3 is 1. The first kappa shape index (κ1) is 10.7. The fourth-order valence-electron chi connectivity index (χ4n) is 1.96. The minimum atomic E-state index is -1.99. The van der Waals surface area contributed by atoms with Crippen molar-refractivity contribution in [2.45, 2.75) is 18.4 Å². The number of nitrogens with zero attached hydrogens (tertiary/aromatic N) is 1. The van der Waals surface area contributed by atoms with Crippen LogP contribution in [0.2, 0.25) is 0 Å². The summed E-state index contributed by atoms with van der Waals surface area (Å²) in [5.74, 6) is 0.223. The third-order valence-electron chi connectivity index (χ3n) is 2.89. The largest absolute Gasteiger partial charge is 0.497 e. The summed E-state index contributed by atoms with van der Waals surface area (Å²) in [5.41, 5.74) is -0.810. The van der Waals surface area contributed by atoms with E-state index in [-0.39, 0.29) is 6.42 Å². The molecule has 0 fully saturated rings. The number of benzene rings is 1. The number of fused-ring (bicyclic) bond motifs is 1. The fraction of sp³-hybridized carbons (Fsp3) is 0.333. The summed E-state index contributed by atoms with van der Waals surface area (Å²) in [7, 11) is 1.55. The molecule has 0 bridgehead atoms. The number of nitriles is 1. The highest BCUT2D eigenvalue weighted by Gasteiger charge is 2.42. The SMILES string of the molecule is COc1ccc2c(c1)CCC(=O)C2(O)C#N. The number of carbonyl (C=O) groups is 1. The Bertz CT molecular complexity index is 490. The molecule has 1 aromatic rings. The van der Waals surface area contributed by atoms with Crippen molar-refractivity contribution in [2.24, 2.45) is 0 Å². The topological polar surface area (TPSA) is 70.3 Å². The smallest absolute Gasteiger partial charge is 0.236 e. The van der Waals surface area contributed by atoms with E-state index >= 15 is 0 Å². The Morgan fingerprint density at radius 1 is 1.50 bits per heavy atom. The zero-order chi connectivity index (χ0) is 11.8. The van der Waals surface area contributed by atoms with Crippen LogP contribution in [-0.4, -0.2) is 18.0 Å². The Hall–Kier alpha value is -1.86. The molecule has 1 unspecified atom stereocenters. The molecular weight excluding hydrogens is 206 g/mol. The molecule has 16 heavy (non-hydrogen) atoms. The van der Waals surface area contributed by atoms with Crippen LogP contribution in [0.5, 0.6) is 5.75 Å². The number of ketones is 1. The molecule has 0 spiro atoms. The number of Topliss-reactive ketones (excluding diaryl/α,β-unsaturated/α-hetero) is 1. The number of hydrogen-bond donors (Lipinski definition) is 1. The number of ether oxygens (including phenoxy) is 1. The Labute approximate surface area is 93.1 Å². The molecular formula is C12H11NO3. The second kappa shape index (κ2) is 3.62. The fourth-order valence-corrected chi connectivity index (χ4v) is 1.96. The summed E-state index contributed by atoms with van der Waals surface area (Å²) in [6.07, 6.45) is 0.722. The first-order valence-electron chi connectivity index (χ1n) is 4.96. The van der Waals surface area contributed by atoms with Crippen LogP contribution in [0.25, 0.3) is 0 Å². The van der Waals surface area contributed by atoms with Crippen LogP contribution in [0.3, 0.4) is 0 Å². The molecule has 1 atom stereocenters. The van der Waals surface area contributed by atoms with Crippen molar-refractivity contribution < 1.29 is 14.6 Å². The van der Waals surface area contributed by atoms with Gasteiger partial charge in [0.2, 0.25) is 5.60 Å². The van der Waals surface area contributed by atoms with Crippen LogP contribution in [0.15, 0.2) is 18.2 Å². The molecule has 0 amide bonds. The minimum Gasteiger partial charge on any atom is -0.497 e. The quantitative estimate of drug-likeness (QED) is 0.710. The van der Waals surface area contributed by atoms with Gasteiger partial charge in [-0.2, -0.15) is 5.26 Å². The lowest BCUT2D eigenvalue weighted by molar-refractivity contribution is -0.133. The maximum absolute atomic E-state index is 11.6. The molecule has 0 aromatic heterocycles. The predicted molar refractivity (Wildman–Crippen MR) is 55.8 cm³/mol. The summed E-state index contributed by atoms with van der Waals surface area (Å²) < 4.78 is 5.06. The molecule has 1 aliphatic carbocycles. The minimum absolute atomic E-state index is 0.185. The van der Waals surface area contributed by atoms with Crippen molar-refractivity contribution in [3.63, 3.8) is 0 Å². The van der Waals surface area contributed by atoms with Gasteiger partial charge in [-0.3, -0.25) is 4.79 Å². The van der Waals surface area contributed by atoms with Gasteiger partial charge in [-0.05, 0) is 24.1 Å². The summed E-state index contributed by atoms with van der Waals surface area (Å²) in [6.45, 7) is 0. The maximum atomic E-state index is 11.6. The van der Waals surface area contributed by atoms with Gasteiger partial charge in [0.25, 0.3) is 0 Å². The molecule has 82 valence electrons. The van der Waals surface area contributed by atoms with Gasteiger partial charge in [-0.15, -0.1) is 0 Å². The first-order valence-corrected chi connectivity index (χ1v) is 4.96. The normalized spacial score (nSPS) is 23.4. The van der Waals surface area contributed by atoms with Crippen LogP contribution in [0, 0.1) is 11.3 Å². The van der Waals surface area contributed by atoms with Crippen LogP contribution in [0.4, 0.5) is 0 Å². The van der Waals surface area contributed by atoms with Gasteiger partial charge in [0, 0.05) is 12.0 Å². The predicted octanol–water partition coefficient (Wildman–Crippen LogP) is 0.922. The summed E-state index contributed by atoms with van der Waals surface area (Å²) in [4.78, 5) is 11.6. The summed E-state index contributed by atoms with van der Waals surface area (Å²) in [5, 5.41) is 19.0. The van der Waals surface area contributed by atoms with Gasteiger partial charge < -0.3 is 9.84 Å². The molecule has 1 aromatic carbocycles. The van der Waals surface area contributed by atoms with Crippen molar-refractivity contribution in [1.82, 2.24) is 0 Å². The van der Waals surface area contributed by atoms with Crippen molar-refractivity contribution in [2.75, 3.05) is 7.11 Å². The van der Waals surface area contributed by atoms with E-state index in [4.69, 9.17) is 10.00 Å². The van der Waals surface area contributed by atoms with Crippen LogP contribution >= 0.6 is 0 Å². The van der Waals surface area contributed by atoms with E-state index in [9.17, 15) is 9.90 Å². The number of aliphatic hydroxyl groups is 1. The Morgan fingerprint density at radius 3 is 2.88 bits per heavy atom. The van der Waals surface area contributed by atoms with Gasteiger partial charge in [0.1, 0.15) is 11.8 Å². The molecule has 0 aliphatic heterocycles. The average Bonchev–Trinajstić information content (AvgIpc) is 2.33. The number of aryl methyl sites for hydroxylation is 1. The molecule has 0 saturated heterocycles. The molecule has 1 N–H and O–H groups in total. The van der Waals surface area contributed by atoms with E-state index in [0.717, 1.165) is 5.56 Å². The van der Waals surface area contributed by atoms with Gasteiger partial charge in [0.05, 0.1) is 7.11 Å². The van der Waals surface area contributed by atoms with E-state index < -0.39 is 11.4 Å². The second-order valence-electron chi connectivity index (χ2n) is 3.77. The molecule has 2 rings (SSSR count). The molecule has 0 saturated carbocycles. The van der Waals surface area contributed by atoms with Gasteiger partial charge in [-0.25, -0.2) is 0 Å². The van der Waals surface area contributed by atoms with E-state index in [1.165, 1.54) is 0 Å². The van der Waals surface area contributed by atoms with Gasteiger partial charge in [-0.1, -0.05) is 6.07 Å². The molecule has 4 nitrogen and oxygen atoms in total. The van der Waals surface area contributed by atoms with Crippen LogP contribution in [-0.2, 0) is 16.8 Å². The van der Waals surface area contributed by atoms with Crippen LogP contribution < -0.4 is 4.74 Å². The molecule has 1 aliphatic rings. The van der Waals surface area contributed by atoms with E-state index in [1.54, 1.807) is 31.4 Å². The highest BCUT2D eigenvalue weighted by atomic mass is 16.5. The Morgan fingerprint density at radius 2 is 2.25 bits per heavy atom. The highest BCUT2D eigenvalue weighted by Crippen LogP contribution is 2.34. The lowest BCUT2D eigenvalue weighted by atomic mass is 9.79. The van der Waals surface area contributed by atoms with Gasteiger partial charge >= 0.3 is 0 Å². The standard InChI is InChI=1S/C12H11NO3/c1-16-9-3-4-10-8(6-9)2-5-11(14)12(10,15)7-13/h3-4,6,15H,2,5H2,1H3. The first-order chi connectivity index (χ1) is 7.61. The number of carbonyl (C=O) groups excluding carboxylic acids is 1. The maximum Gasteiger partial charge on any atom is 0.236 e. The molecule has 0 heterocycles. The second-order valence-corrected chi connectivity index (χ2v) is 3.77. The average molecular weight is 217 g/mol. The number of rotatable bonds is 1. The zero-order valence-electron chi connectivity index (χ0n) is 8.86. The monoisotopic (exact) mass is 217 g/mol. The zero-order valence-corrected chi connectivity index (χ0v) is 8.86. The van der Waals surface area contributed by atoms with Crippen molar-refractivity contribution in [1.29, 1.82) is 5.26 Å². The van der Waals surface area contributed by atoms with Crippen molar-refractivity contribution in [3.05, 3.63) is 29.3 Å². The molecule has 4 heteroatoms. The van der Waals surface area contributed by atoms with E-state index in [2.05, 4.69) is 0 Å². The number of hydrogen-bond acceptors (Lipinski definition) is 4. The Balaban J connectivity index is 2.59. The van der Waals surface area contributed by atoms with E-state index in [0.29, 0.717) is 17.7 Å². The summed E-state index contributed by atoms with van der Waals surface area (Å²) >= 11 is 0. The third kappa shape index (κ3) is 1.37. The van der Waals surface area contributed by atoms with Crippen molar-refractivity contribution in [3.8, 4) is 11.8 Å². The van der Waals surface area contributed by atoms with Crippen molar-refractivity contribution >= 4 is 5.78 Å². The van der Waals surface area contributed by atoms with Crippen LogP contribution in [0.1, 0.15) is 17.5 Å². The van der Waals surface area contributed by atoms with E-state index in [1.807, 2.05) is 0 Å². The highest BCUT2D eigenvalue weighted by molar-refractivity contribution is 5.93. The summed E-state index contributed by atoms with van der Waals surface area (Å²) in [6, 6.07) is 6.66. The Kier molecular flexibility index (Phi) is 2.41.